The molecule has 0 spiro atoms. The highest BCUT2D eigenvalue weighted by Gasteiger charge is 2.12. The van der Waals surface area contributed by atoms with E-state index in [9.17, 15) is 0 Å². The normalized spacial score (nSPS) is 12.4. The highest BCUT2D eigenvalue weighted by atomic mass is 127. The number of hydrogen-bond donors (Lipinski definition) is 1. The zero-order chi connectivity index (χ0) is 18.9. The smallest absolute Gasteiger partial charge is 0.193 e. The topological polar surface area (TPSA) is 49.8 Å². The van der Waals surface area contributed by atoms with Gasteiger partial charge >= 0.3 is 0 Å². The second kappa shape index (κ2) is 12.5. The molecule has 5 nitrogen and oxygen atoms in total. The molecular formula is C19H28ClIN4OS. The predicted octanol–water partition coefficient (Wildman–Crippen LogP) is 4.76. The summed E-state index contributed by atoms with van der Waals surface area (Å²) in [6.45, 7) is 3.55. The Hall–Kier alpha value is -0.900. The SMILES string of the molecule is CN=C(NCCCc1ccccc1Cl)N(C)Cc1csc(C(C)OC)n1.I. The molecule has 0 aliphatic rings. The fourth-order valence-electron chi connectivity index (χ4n) is 2.57. The average molecular weight is 523 g/mol. The summed E-state index contributed by atoms with van der Waals surface area (Å²) >= 11 is 7.83. The van der Waals surface area contributed by atoms with Gasteiger partial charge < -0.3 is 15.0 Å². The summed E-state index contributed by atoms with van der Waals surface area (Å²) in [6.07, 6.45) is 1.96. The van der Waals surface area contributed by atoms with Gasteiger partial charge in [0.15, 0.2) is 5.96 Å². The molecule has 8 heteroatoms. The standard InChI is InChI=1S/C19H27ClN4OS.HI/c1-14(25-4)18-23-16(13-26-18)12-24(3)19(21-2)22-11-7-9-15-8-5-6-10-17(15)20;/h5-6,8,10,13-14H,7,9,11-12H2,1-4H3,(H,21,22);1H. The molecule has 1 atom stereocenters. The maximum absolute atomic E-state index is 6.20. The number of ether oxygens (including phenoxy) is 1. The Bertz CT molecular complexity index is 725. The second-order valence-corrected chi connectivity index (χ2v) is 7.38. The third-order valence-electron chi connectivity index (χ3n) is 4.11. The third kappa shape index (κ3) is 7.56. The molecule has 2 aromatic rings. The number of halogens is 2. The van der Waals surface area contributed by atoms with Crippen LogP contribution in [0.3, 0.4) is 0 Å². The molecule has 0 saturated heterocycles. The summed E-state index contributed by atoms with van der Waals surface area (Å²) in [6, 6.07) is 7.99. The van der Waals surface area contributed by atoms with E-state index in [1.165, 1.54) is 5.56 Å². The lowest BCUT2D eigenvalue weighted by Crippen LogP contribution is -2.39. The average Bonchev–Trinajstić information content (AvgIpc) is 3.10. The number of hydrogen-bond acceptors (Lipinski definition) is 4. The van der Waals surface area contributed by atoms with Gasteiger partial charge in [-0.2, -0.15) is 0 Å². The van der Waals surface area contributed by atoms with E-state index in [0.29, 0.717) is 6.54 Å². The first-order valence-corrected chi connectivity index (χ1v) is 9.93. The maximum Gasteiger partial charge on any atom is 0.193 e. The van der Waals surface area contributed by atoms with Crippen molar-refractivity contribution in [2.45, 2.75) is 32.4 Å². The first-order chi connectivity index (χ1) is 12.5. The number of nitrogens with zero attached hydrogens (tertiary/aromatic N) is 3. The lowest BCUT2D eigenvalue weighted by Gasteiger charge is -2.21. The van der Waals surface area contributed by atoms with E-state index in [4.69, 9.17) is 16.3 Å². The van der Waals surface area contributed by atoms with Crippen LogP contribution in [0.5, 0.6) is 0 Å². The van der Waals surface area contributed by atoms with Crippen molar-refractivity contribution < 1.29 is 4.74 Å². The lowest BCUT2D eigenvalue weighted by molar-refractivity contribution is 0.119. The Morgan fingerprint density at radius 2 is 2.15 bits per heavy atom. The molecule has 1 aromatic carbocycles. The van der Waals surface area contributed by atoms with E-state index in [0.717, 1.165) is 41.1 Å². The number of methoxy groups -OCH3 is 1. The minimum Gasteiger partial charge on any atom is -0.375 e. The fourth-order valence-corrected chi connectivity index (χ4v) is 3.64. The van der Waals surface area contributed by atoms with Gasteiger partial charge in [-0.15, -0.1) is 35.3 Å². The summed E-state index contributed by atoms with van der Waals surface area (Å²) < 4.78 is 5.32. The molecule has 0 bridgehead atoms. The Balaban J connectivity index is 0.00000364. The minimum atomic E-state index is 0. The molecule has 1 aromatic heterocycles. The van der Waals surface area contributed by atoms with Gasteiger partial charge in [0.25, 0.3) is 0 Å². The fraction of sp³-hybridized carbons (Fsp3) is 0.474. The van der Waals surface area contributed by atoms with Gasteiger partial charge in [0.1, 0.15) is 11.1 Å². The van der Waals surface area contributed by atoms with Crippen LogP contribution in [0.25, 0.3) is 0 Å². The van der Waals surface area contributed by atoms with Gasteiger partial charge in [0.2, 0.25) is 0 Å². The van der Waals surface area contributed by atoms with Crippen molar-refractivity contribution >= 4 is 52.9 Å². The van der Waals surface area contributed by atoms with Crippen molar-refractivity contribution in [2.75, 3.05) is 27.7 Å². The molecule has 0 fully saturated rings. The van der Waals surface area contributed by atoms with Crippen LogP contribution in [0.4, 0.5) is 0 Å². The van der Waals surface area contributed by atoms with E-state index in [2.05, 4.69) is 31.6 Å². The molecule has 0 amide bonds. The van der Waals surface area contributed by atoms with Crippen LogP contribution < -0.4 is 5.32 Å². The van der Waals surface area contributed by atoms with Crippen molar-refractivity contribution in [2.24, 2.45) is 4.99 Å². The quantitative estimate of drug-likeness (QED) is 0.235. The number of benzene rings is 1. The molecule has 27 heavy (non-hydrogen) atoms. The summed E-state index contributed by atoms with van der Waals surface area (Å²) in [5.41, 5.74) is 2.21. The second-order valence-electron chi connectivity index (χ2n) is 6.08. The van der Waals surface area contributed by atoms with Gasteiger partial charge in [-0.25, -0.2) is 4.98 Å². The summed E-state index contributed by atoms with van der Waals surface area (Å²) in [4.78, 5) is 11.1. The molecule has 0 aliphatic heterocycles. The molecule has 0 saturated carbocycles. The first-order valence-electron chi connectivity index (χ1n) is 8.67. The Labute approximate surface area is 188 Å². The summed E-state index contributed by atoms with van der Waals surface area (Å²) in [5.74, 6) is 0.860. The molecular weight excluding hydrogens is 495 g/mol. The van der Waals surface area contributed by atoms with Crippen molar-refractivity contribution in [3.8, 4) is 0 Å². The zero-order valence-electron chi connectivity index (χ0n) is 16.2. The van der Waals surface area contributed by atoms with E-state index in [-0.39, 0.29) is 30.1 Å². The van der Waals surface area contributed by atoms with Crippen LogP contribution in [0.1, 0.15) is 35.7 Å². The number of aromatic nitrogens is 1. The van der Waals surface area contributed by atoms with Gasteiger partial charge in [0.05, 0.1) is 12.2 Å². The van der Waals surface area contributed by atoms with Gasteiger partial charge in [-0.3, -0.25) is 4.99 Å². The van der Waals surface area contributed by atoms with Crippen LogP contribution in [-0.2, 0) is 17.7 Å². The Morgan fingerprint density at radius 3 is 2.81 bits per heavy atom. The third-order valence-corrected chi connectivity index (χ3v) is 5.53. The molecule has 2 rings (SSSR count). The van der Waals surface area contributed by atoms with Gasteiger partial charge in [-0.1, -0.05) is 29.8 Å². The number of thiazole rings is 1. The molecule has 0 radical (unpaired) electrons. The highest BCUT2D eigenvalue weighted by Crippen LogP contribution is 2.21. The monoisotopic (exact) mass is 522 g/mol. The number of rotatable bonds is 8. The van der Waals surface area contributed by atoms with Crippen LogP contribution in [0, 0.1) is 0 Å². The number of guanidine groups is 1. The first kappa shape index (κ1) is 24.1. The molecule has 0 aliphatic carbocycles. The van der Waals surface area contributed by atoms with E-state index < -0.39 is 0 Å². The van der Waals surface area contributed by atoms with Gasteiger partial charge in [0, 0.05) is 38.2 Å². The molecule has 1 N–H and O–H groups in total. The van der Waals surface area contributed by atoms with Crippen LogP contribution in [0.2, 0.25) is 5.02 Å². The number of aryl methyl sites for hydroxylation is 1. The summed E-state index contributed by atoms with van der Waals surface area (Å²) in [5, 5.41) is 7.31. The van der Waals surface area contributed by atoms with Crippen molar-refractivity contribution in [1.29, 1.82) is 0 Å². The molecule has 1 heterocycles. The van der Waals surface area contributed by atoms with E-state index >= 15 is 0 Å². The zero-order valence-corrected chi connectivity index (χ0v) is 20.1. The van der Waals surface area contributed by atoms with E-state index in [1.54, 1.807) is 25.5 Å². The Kier molecular flexibility index (Phi) is 11.2. The highest BCUT2D eigenvalue weighted by molar-refractivity contribution is 14.0. The van der Waals surface area contributed by atoms with Crippen molar-refractivity contribution in [1.82, 2.24) is 15.2 Å². The largest absolute Gasteiger partial charge is 0.375 e. The Morgan fingerprint density at radius 1 is 1.41 bits per heavy atom. The molecule has 1 unspecified atom stereocenters. The number of nitrogens with one attached hydrogen (secondary N) is 1. The van der Waals surface area contributed by atoms with Crippen LogP contribution in [-0.4, -0.2) is 43.6 Å². The number of aliphatic imine (C=N–C) groups is 1. The maximum atomic E-state index is 6.20. The van der Waals surface area contributed by atoms with Crippen molar-refractivity contribution in [3.05, 3.63) is 50.9 Å². The van der Waals surface area contributed by atoms with Gasteiger partial charge in [-0.05, 0) is 31.4 Å². The summed E-state index contributed by atoms with van der Waals surface area (Å²) in [7, 11) is 5.51. The van der Waals surface area contributed by atoms with Crippen LogP contribution in [0.15, 0.2) is 34.6 Å². The van der Waals surface area contributed by atoms with Crippen molar-refractivity contribution in [3.63, 3.8) is 0 Å². The van der Waals surface area contributed by atoms with Crippen LogP contribution >= 0.6 is 46.9 Å². The molecule has 150 valence electrons. The van der Waals surface area contributed by atoms with E-state index in [1.807, 2.05) is 32.2 Å². The lowest BCUT2D eigenvalue weighted by atomic mass is 10.1. The minimum absolute atomic E-state index is 0. The predicted molar refractivity (Wildman–Crippen MR) is 126 cm³/mol.